The van der Waals surface area contributed by atoms with Gasteiger partial charge in [0.1, 0.15) is 22.3 Å². The Kier molecular flexibility index (Phi) is 3.85. The first-order chi connectivity index (χ1) is 9.32. The zero-order valence-corrected chi connectivity index (χ0v) is 12.3. The number of nitriles is 1. The molecule has 4 nitrogen and oxygen atoms in total. The lowest BCUT2D eigenvalue weighted by atomic mass is 9.93. The molecule has 0 unspecified atom stereocenters. The highest BCUT2D eigenvalue weighted by molar-refractivity contribution is 7.89. The van der Waals surface area contributed by atoms with E-state index < -0.39 is 21.4 Å². The molecule has 2 rings (SSSR count). The Bertz CT molecular complexity index is 658. The van der Waals surface area contributed by atoms with Gasteiger partial charge in [0.25, 0.3) is 0 Å². The van der Waals surface area contributed by atoms with Gasteiger partial charge in [0.2, 0.25) is 10.0 Å². The quantitative estimate of drug-likeness (QED) is 0.907. The van der Waals surface area contributed by atoms with E-state index in [1.54, 1.807) is 6.07 Å². The maximum absolute atomic E-state index is 13.5. The average Bonchev–Trinajstić information content (AvgIpc) is 3.17. The Morgan fingerprint density at radius 3 is 2.60 bits per heavy atom. The van der Waals surface area contributed by atoms with Gasteiger partial charge in [-0.25, -0.2) is 17.5 Å². The molecule has 0 heterocycles. The van der Waals surface area contributed by atoms with Crippen LogP contribution in [0.4, 0.5) is 4.39 Å². The van der Waals surface area contributed by atoms with E-state index in [4.69, 9.17) is 5.26 Å². The highest BCUT2D eigenvalue weighted by atomic mass is 32.2. The highest BCUT2D eigenvalue weighted by Crippen LogP contribution is 2.51. The second-order valence-electron chi connectivity index (χ2n) is 5.57. The second-order valence-corrected chi connectivity index (χ2v) is 7.30. The van der Waals surface area contributed by atoms with E-state index in [2.05, 4.69) is 18.6 Å². The van der Waals surface area contributed by atoms with E-state index in [1.165, 1.54) is 12.1 Å². The zero-order valence-electron chi connectivity index (χ0n) is 11.5. The predicted octanol–water partition coefficient (Wildman–Crippen LogP) is 2.41. The number of halogens is 1. The third kappa shape index (κ3) is 2.69. The SMILES string of the molecule is CC(C)C1(CNS(=O)(=O)c2cccc(F)c2C#N)CC1. The summed E-state index contributed by atoms with van der Waals surface area (Å²) in [6.07, 6.45) is 1.98. The first-order valence-corrected chi connectivity index (χ1v) is 7.99. The zero-order chi connectivity index (χ0) is 15.0. The van der Waals surface area contributed by atoms with Crippen molar-refractivity contribution in [3.8, 4) is 6.07 Å². The normalized spacial score (nSPS) is 16.9. The van der Waals surface area contributed by atoms with Gasteiger partial charge in [0.05, 0.1) is 0 Å². The van der Waals surface area contributed by atoms with Gasteiger partial charge in [-0.3, -0.25) is 0 Å². The third-order valence-corrected chi connectivity index (χ3v) is 5.55. The Morgan fingerprint density at radius 2 is 2.10 bits per heavy atom. The lowest BCUT2D eigenvalue weighted by molar-refractivity contribution is 0.357. The Morgan fingerprint density at radius 1 is 1.45 bits per heavy atom. The van der Waals surface area contributed by atoms with Crippen LogP contribution in [0.2, 0.25) is 0 Å². The van der Waals surface area contributed by atoms with Crippen LogP contribution in [0, 0.1) is 28.5 Å². The maximum atomic E-state index is 13.5. The first kappa shape index (κ1) is 14.9. The van der Waals surface area contributed by atoms with Crippen molar-refractivity contribution in [2.45, 2.75) is 31.6 Å². The van der Waals surface area contributed by atoms with Crippen molar-refractivity contribution < 1.29 is 12.8 Å². The van der Waals surface area contributed by atoms with E-state index in [0.29, 0.717) is 12.5 Å². The number of nitrogens with zero attached hydrogens (tertiary/aromatic N) is 1. The molecule has 1 aromatic rings. The van der Waals surface area contributed by atoms with Gasteiger partial charge < -0.3 is 0 Å². The molecule has 1 aliphatic rings. The molecule has 0 spiro atoms. The molecule has 0 saturated heterocycles. The minimum atomic E-state index is -3.86. The number of sulfonamides is 1. The number of benzene rings is 1. The smallest absolute Gasteiger partial charge is 0.211 e. The molecule has 1 saturated carbocycles. The van der Waals surface area contributed by atoms with Crippen LogP contribution in [0.5, 0.6) is 0 Å². The summed E-state index contributed by atoms with van der Waals surface area (Å²) in [6.45, 7) is 4.45. The van der Waals surface area contributed by atoms with E-state index in [0.717, 1.165) is 18.9 Å². The van der Waals surface area contributed by atoms with E-state index >= 15 is 0 Å². The second kappa shape index (κ2) is 5.15. The van der Waals surface area contributed by atoms with Crippen molar-refractivity contribution in [2.24, 2.45) is 11.3 Å². The topological polar surface area (TPSA) is 70.0 Å². The van der Waals surface area contributed by atoms with Gasteiger partial charge in [-0.05, 0) is 36.3 Å². The van der Waals surface area contributed by atoms with Gasteiger partial charge in [-0.15, -0.1) is 0 Å². The van der Waals surface area contributed by atoms with Crippen LogP contribution >= 0.6 is 0 Å². The summed E-state index contributed by atoms with van der Waals surface area (Å²) < 4.78 is 40.5. The van der Waals surface area contributed by atoms with Crippen molar-refractivity contribution in [3.05, 3.63) is 29.6 Å². The van der Waals surface area contributed by atoms with Gasteiger partial charge in [-0.2, -0.15) is 5.26 Å². The van der Waals surface area contributed by atoms with E-state index in [-0.39, 0.29) is 10.3 Å². The largest absolute Gasteiger partial charge is 0.242 e. The standard InChI is InChI=1S/C14H17FN2O2S/c1-10(2)14(6-7-14)9-17-20(18,19)13-5-3-4-12(15)11(13)8-16/h3-5,10,17H,6-7,9H2,1-2H3. The average molecular weight is 296 g/mol. The van der Waals surface area contributed by atoms with Gasteiger partial charge in [0, 0.05) is 6.54 Å². The lowest BCUT2D eigenvalue weighted by Gasteiger charge is -2.20. The molecule has 1 aliphatic carbocycles. The first-order valence-electron chi connectivity index (χ1n) is 6.51. The molecule has 0 radical (unpaired) electrons. The van der Waals surface area contributed by atoms with Gasteiger partial charge in [-0.1, -0.05) is 19.9 Å². The number of rotatable bonds is 5. The number of hydrogen-bond donors (Lipinski definition) is 1. The summed E-state index contributed by atoms with van der Waals surface area (Å²) in [7, 11) is -3.86. The molecule has 1 aromatic carbocycles. The van der Waals surface area contributed by atoms with Crippen molar-refractivity contribution in [1.82, 2.24) is 4.72 Å². The minimum Gasteiger partial charge on any atom is -0.211 e. The van der Waals surface area contributed by atoms with Crippen LogP contribution in [-0.2, 0) is 10.0 Å². The molecule has 1 N–H and O–H groups in total. The van der Waals surface area contributed by atoms with Gasteiger partial charge in [0.15, 0.2) is 0 Å². The lowest BCUT2D eigenvalue weighted by Crippen LogP contribution is -2.33. The summed E-state index contributed by atoms with van der Waals surface area (Å²) >= 11 is 0. The molecule has 0 aliphatic heterocycles. The van der Waals surface area contributed by atoms with Gasteiger partial charge >= 0.3 is 0 Å². The molecule has 0 aromatic heterocycles. The minimum absolute atomic E-state index is 0.00714. The van der Waals surface area contributed by atoms with Crippen LogP contribution in [0.1, 0.15) is 32.3 Å². The van der Waals surface area contributed by atoms with Crippen LogP contribution in [0.15, 0.2) is 23.1 Å². The molecule has 0 bridgehead atoms. The van der Waals surface area contributed by atoms with Crippen LogP contribution in [0.25, 0.3) is 0 Å². The van der Waals surface area contributed by atoms with Crippen molar-refractivity contribution in [1.29, 1.82) is 5.26 Å². The fraction of sp³-hybridized carbons (Fsp3) is 0.500. The summed E-state index contributed by atoms with van der Waals surface area (Å²) in [6, 6.07) is 5.23. The molecule has 6 heteroatoms. The van der Waals surface area contributed by atoms with Crippen molar-refractivity contribution in [3.63, 3.8) is 0 Å². The van der Waals surface area contributed by atoms with Crippen molar-refractivity contribution in [2.75, 3.05) is 6.54 Å². The highest BCUT2D eigenvalue weighted by Gasteiger charge is 2.45. The third-order valence-electron chi connectivity index (χ3n) is 4.11. The molecule has 20 heavy (non-hydrogen) atoms. The van der Waals surface area contributed by atoms with Crippen LogP contribution in [0.3, 0.4) is 0 Å². The molecule has 0 amide bonds. The molecular weight excluding hydrogens is 279 g/mol. The van der Waals surface area contributed by atoms with E-state index in [9.17, 15) is 12.8 Å². The molecule has 0 atom stereocenters. The van der Waals surface area contributed by atoms with Crippen LogP contribution in [-0.4, -0.2) is 15.0 Å². The van der Waals surface area contributed by atoms with E-state index in [1.807, 2.05) is 0 Å². The van der Waals surface area contributed by atoms with Crippen LogP contribution < -0.4 is 4.72 Å². The maximum Gasteiger partial charge on any atom is 0.242 e. The Balaban J connectivity index is 2.24. The fourth-order valence-electron chi connectivity index (χ4n) is 2.27. The monoisotopic (exact) mass is 296 g/mol. The fourth-order valence-corrected chi connectivity index (χ4v) is 3.57. The summed E-state index contributed by atoms with van der Waals surface area (Å²) in [4.78, 5) is -0.292. The molecule has 1 fully saturated rings. The summed E-state index contributed by atoms with van der Waals surface area (Å²) in [5.41, 5.74) is -0.429. The number of nitrogens with one attached hydrogen (secondary N) is 1. The summed E-state index contributed by atoms with van der Waals surface area (Å²) in [5, 5.41) is 8.91. The Labute approximate surface area is 118 Å². The van der Waals surface area contributed by atoms with Crippen molar-refractivity contribution >= 4 is 10.0 Å². The molecular formula is C14H17FN2O2S. The molecule has 108 valence electrons. The number of hydrogen-bond acceptors (Lipinski definition) is 3. The Hall–Kier alpha value is -1.45. The summed E-state index contributed by atoms with van der Waals surface area (Å²) in [5.74, 6) is -0.437. The predicted molar refractivity (Wildman–Crippen MR) is 72.8 cm³/mol.